The van der Waals surface area contributed by atoms with Crippen LogP contribution in [-0.4, -0.2) is 41.7 Å². The maximum atomic E-state index is 12.8. The molecule has 27 heavy (non-hydrogen) atoms. The van der Waals surface area contributed by atoms with Gasteiger partial charge < -0.3 is 15.2 Å². The van der Waals surface area contributed by atoms with Gasteiger partial charge in [-0.3, -0.25) is 9.69 Å². The zero-order chi connectivity index (χ0) is 18.6. The summed E-state index contributed by atoms with van der Waals surface area (Å²) in [5.74, 6) is 1.22. The molecule has 142 valence electrons. The van der Waals surface area contributed by atoms with E-state index in [0.717, 1.165) is 36.3 Å². The first kappa shape index (κ1) is 18.0. The van der Waals surface area contributed by atoms with Crippen molar-refractivity contribution >= 4 is 5.91 Å². The number of carbonyl (C=O) groups excluding carboxylic acids is 1. The minimum atomic E-state index is -0.239. The van der Waals surface area contributed by atoms with Crippen LogP contribution in [0.15, 0.2) is 54.6 Å². The van der Waals surface area contributed by atoms with Crippen LogP contribution in [0.4, 0.5) is 0 Å². The number of para-hydroxylation sites is 1. The van der Waals surface area contributed by atoms with Gasteiger partial charge in [-0.1, -0.05) is 48.5 Å². The molecule has 1 saturated carbocycles. The topological polar surface area (TPSA) is 61.8 Å². The summed E-state index contributed by atoms with van der Waals surface area (Å²) in [7, 11) is 0. The minimum absolute atomic E-state index is 0.0182. The van der Waals surface area contributed by atoms with Crippen molar-refractivity contribution in [1.82, 2.24) is 10.2 Å². The molecule has 5 heteroatoms. The number of carbonyl (C=O) groups is 1. The summed E-state index contributed by atoms with van der Waals surface area (Å²) in [6.07, 6.45) is 1.24. The fourth-order valence-corrected chi connectivity index (χ4v) is 3.97. The number of hydrogen-bond donors (Lipinski definition) is 2. The first-order valence-electron chi connectivity index (χ1n) is 9.64. The molecule has 2 aliphatic rings. The number of amides is 1. The Morgan fingerprint density at radius 1 is 1.15 bits per heavy atom. The van der Waals surface area contributed by atoms with E-state index in [1.165, 1.54) is 0 Å². The summed E-state index contributed by atoms with van der Waals surface area (Å²) in [6, 6.07) is 18.0. The highest BCUT2D eigenvalue weighted by Gasteiger charge is 2.35. The van der Waals surface area contributed by atoms with E-state index in [9.17, 15) is 9.90 Å². The summed E-state index contributed by atoms with van der Waals surface area (Å²) in [5.41, 5.74) is 2.22. The van der Waals surface area contributed by atoms with Crippen LogP contribution in [0.3, 0.4) is 0 Å². The van der Waals surface area contributed by atoms with Gasteiger partial charge in [0.25, 0.3) is 0 Å². The lowest BCUT2D eigenvalue weighted by atomic mass is 9.75. The lowest BCUT2D eigenvalue weighted by Gasteiger charge is -2.38. The Morgan fingerprint density at radius 3 is 2.67 bits per heavy atom. The Balaban J connectivity index is 1.41. The number of nitrogens with zero attached hydrogens (tertiary/aromatic N) is 1. The zero-order valence-electron chi connectivity index (χ0n) is 15.4. The molecule has 1 aliphatic carbocycles. The maximum Gasteiger partial charge on any atom is 0.234 e. The van der Waals surface area contributed by atoms with Crippen molar-refractivity contribution in [1.29, 1.82) is 0 Å². The van der Waals surface area contributed by atoms with Gasteiger partial charge in [-0.15, -0.1) is 0 Å². The average molecular weight is 366 g/mol. The highest BCUT2D eigenvalue weighted by molar-refractivity contribution is 5.78. The summed E-state index contributed by atoms with van der Waals surface area (Å²) in [5, 5.41) is 12.9. The summed E-state index contributed by atoms with van der Waals surface area (Å²) in [6.45, 7) is 2.36. The molecule has 0 aromatic heterocycles. The quantitative estimate of drug-likeness (QED) is 0.854. The number of ether oxygens (including phenoxy) is 1. The van der Waals surface area contributed by atoms with E-state index < -0.39 is 0 Å². The standard InChI is InChI=1S/C22H26N2O3/c25-19-12-18(13-19)22(16-6-2-1-3-7-16)23-21(26)15-24-10-11-27-20-9-5-4-8-17(20)14-24/h1-9,18-19,22,25H,10-15H2,(H,23,26)/t18?,19?,22-/m0/s1. The molecule has 0 spiro atoms. The predicted octanol–water partition coefficient (Wildman–Crippen LogP) is 2.51. The second-order valence-electron chi connectivity index (χ2n) is 7.51. The van der Waals surface area contributed by atoms with Gasteiger partial charge in [-0.05, 0) is 30.4 Å². The highest BCUT2D eigenvalue weighted by Crippen LogP contribution is 2.38. The molecule has 0 radical (unpaired) electrons. The van der Waals surface area contributed by atoms with Gasteiger partial charge in [-0.25, -0.2) is 0 Å². The van der Waals surface area contributed by atoms with Crippen molar-refractivity contribution in [2.24, 2.45) is 5.92 Å². The Bertz CT molecular complexity index is 774. The lowest BCUT2D eigenvalue weighted by Crippen LogP contribution is -2.45. The third-order valence-corrected chi connectivity index (χ3v) is 5.50. The number of aliphatic hydroxyl groups is 1. The fourth-order valence-electron chi connectivity index (χ4n) is 3.97. The molecule has 1 fully saturated rings. The Hall–Kier alpha value is -2.37. The SMILES string of the molecule is O=C(CN1CCOc2ccccc2C1)N[C@@H](c1ccccc1)C1CC(O)C1. The normalized spacial score (nSPS) is 23.3. The van der Waals surface area contributed by atoms with E-state index in [-0.39, 0.29) is 18.1 Å². The van der Waals surface area contributed by atoms with Gasteiger partial charge in [0.05, 0.1) is 18.7 Å². The zero-order valence-corrected chi connectivity index (χ0v) is 15.4. The van der Waals surface area contributed by atoms with E-state index in [2.05, 4.69) is 10.2 Å². The molecule has 1 aliphatic heterocycles. The van der Waals surface area contributed by atoms with E-state index >= 15 is 0 Å². The van der Waals surface area contributed by atoms with Crippen LogP contribution in [-0.2, 0) is 11.3 Å². The molecule has 5 nitrogen and oxygen atoms in total. The molecule has 1 atom stereocenters. The molecule has 2 aromatic carbocycles. The van der Waals surface area contributed by atoms with E-state index in [1.54, 1.807) is 0 Å². The molecule has 0 saturated heterocycles. The van der Waals surface area contributed by atoms with E-state index in [4.69, 9.17) is 4.74 Å². The Morgan fingerprint density at radius 2 is 1.89 bits per heavy atom. The summed E-state index contributed by atoms with van der Waals surface area (Å²) in [4.78, 5) is 14.9. The molecule has 0 unspecified atom stereocenters. The first-order chi connectivity index (χ1) is 13.2. The van der Waals surface area contributed by atoms with Crippen molar-refractivity contribution in [3.8, 4) is 5.75 Å². The van der Waals surface area contributed by atoms with Gasteiger partial charge >= 0.3 is 0 Å². The van der Waals surface area contributed by atoms with Crippen LogP contribution in [0.5, 0.6) is 5.75 Å². The monoisotopic (exact) mass is 366 g/mol. The molecule has 2 aromatic rings. The molecular weight excluding hydrogens is 340 g/mol. The van der Waals surface area contributed by atoms with E-state index in [0.29, 0.717) is 25.6 Å². The largest absolute Gasteiger partial charge is 0.492 e. The fraction of sp³-hybridized carbons (Fsp3) is 0.409. The third kappa shape index (κ3) is 4.31. The van der Waals surface area contributed by atoms with Gasteiger partial charge in [0.15, 0.2) is 0 Å². The molecule has 1 amide bonds. The van der Waals surface area contributed by atoms with Gasteiger partial charge in [0.1, 0.15) is 12.4 Å². The maximum absolute atomic E-state index is 12.8. The number of aliphatic hydroxyl groups excluding tert-OH is 1. The van der Waals surface area contributed by atoms with Crippen molar-refractivity contribution < 1.29 is 14.6 Å². The first-order valence-corrected chi connectivity index (χ1v) is 9.64. The van der Waals surface area contributed by atoms with Gasteiger partial charge in [-0.2, -0.15) is 0 Å². The number of rotatable bonds is 5. The second kappa shape index (κ2) is 8.11. The molecule has 0 bridgehead atoms. The molecule has 4 rings (SSSR count). The smallest absolute Gasteiger partial charge is 0.234 e. The van der Waals surface area contributed by atoms with Crippen molar-refractivity contribution in [2.45, 2.75) is 31.5 Å². The number of nitrogens with one attached hydrogen (secondary N) is 1. The van der Waals surface area contributed by atoms with E-state index in [1.807, 2.05) is 54.6 Å². The van der Waals surface area contributed by atoms with Gasteiger partial charge in [0, 0.05) is 18.7 Å². The summed E-state index contributed by atoms with van der Waals surface area (Å²) < 4.78 is 5.79. The number of benzene rings is 2. The van der Waals surface area contributed by atoms with Gasteiger partial charge in [0.2, 0.25) is 5.91 Å². The number of fused-ring (bicyclic) bond motifs is 1. The van der Waals surface area contributed by atoms with Crippen LogP contribution in [0.1, 0.15) is 30.0 Å². The Labute approximate surface area is 160 Å². The number of hydrogen-bond acceptors (Lipinski definition) is 4. The van der Waals surface area contributed by atoms with Crippen molar-refractivity contribution in [3.05, 3.63) is 65.7 Å². The molecule has 2 N–H and O–H groups in total. The lowest BCUT2D eigenvalue weighted by molar-refractivity contribution is -0.124. The van der Waals surface area contributed by atoms with Crippen LogP contribution in [0.2, 0.25) is 0 Å². The van der Waals surface area contributed by atoms with Crippen LogP contribution >= 0.6 is 0 Å². The van der Waals surface area contributed by atoms with Crippen LogP contribution in [0, 0.1) is 5.92 Å². The second-order valence-corrected chi connectivity index (χ2v) is 7.51. The highest BCUT2D eigenvalue weighted by atomic mass is 16.5. The predicted molar refractivity (Wildman–Crippen MR) is 103 cm³/mol. The average Bonchev–Trinajstić information content (AvgIpc) is 2.86. The van der Waals surface area contributed by atoms with Crippen molar-refractivity contribution in [3.63, 3.8) is 0 Å². The van der Waals surface area contributed by atoms with Crippen LogP contribution in [0.25, 0.3) is 0 Å². The van der Waals surface area contributed by atoms with Crippen molar-refractivity contribution in [2.75, 3.05) is 19.7 Å². The minimum Gasteiger partial charge on any atom is -0.492 e. The molecular formula is C22H26N2O3. The summed E-state index contributed by atoms with van der Waals surface area (Å²) >= 11 is 0. The van der Waals surface area contributed by atoms with Crippen LogP contribution < -0.4 is 10.1 Å². The molecule has 1 heterocycles. The third-order valence-electron chi connectivity index (χ3n) is 5.50. The Kier molecular flexibility index (Phi) is 5.41.